The van der Waals surface area contributed by atoms with Crippen molar-refractivity contribution in [1.82, 2.24) is 5.32 Å². The Hall–Kier alpha value is -0.510. The van der Waals surface area contributed by atoms with E-state index in [0.717, 1.165) is 0 Å². The molecule has 1 unspecified atom stereocenters. The topological polar surface area (TPSA) is 46.2 Å². The van der Waals surface area contributed by atoms with Crippen LogP contribution in [0, 0.1) is 5.92 Å². The fourth-order valence-corrected chi connectivity index (χ4v) is 1.01. The Morgan fingerprint density at radius 1 is 1.36 bits per heavy atom. The number of hydrogen-bond donors (Lipinski definition) is 2. The first-order valence-corrected chi connectivity index (χ1v) is 3.89. The van der Waals surface area contributed by atoms with Crippen molar-refractivity contribution in [2.45, 2.75) is 26.8 Å². The fraction of sp³-hybridized carbons (Fsp3) is 0.714. The summed E-state index contributed by atoms with van der Waals surface area (Å²) in [4.78, 5) is 21.3. The smallest absolute Gasteiger partial charge is 0.276 e. The van der Waals surface area contributed by atoms with Crippen LogP contribution in [0.2, 0.25) is 0 Å². The molecule has 0 aliphatic carbocycles. The van der Waals surface area contributed by atoms with Crippen LogP contribution < -0.4 is 5.32 Å². The van der Waals surface area contributed by atoms with Crippen molar-refractivity contribution >= 4 is 23.7 Å². The van der Waals surface area contributed by atoms with E-state index >= 15 is 0 Å². The Balaban J connectivity index is 4.12. The maximum absolute atomic E-state index is 10.9. The molecule has 0 rings (SSSR count). The molecule has 0 spiro atoms. The monoisotopic (exact) mass is 175 g/mol. The minimum Gasteiger partial charge on any atom is -0.337 e. The van der Waals surface area contributed by atoms with Crippen molar-refractivity contribution in [2.75, 3.05) is 0 Å². The highest BCUT2D eigenvalue weighted by atomic mass is 32.1. The van der Waals surface area contributed by atoms with Crippen molar-refractivity contribution in [3.8, 4) is 0 Å². The minimum absolute atomic E-state index is 0.0394. The highest BCUT2D eigenvalue weighted by Crippen LogP contribution is 2.02. The van der Waals surface area contributed by atoms with Gasteiger partial charge in [0.1, 0.15) is 0 Å². The van der Waals surface area contributed by atoms with Crippen LogP contribution in [0.3, 0.4) is 0 Å². The van der Waals surface area contributed by atoms with E-state index in [-0.39, 0.29) is 11.7 Å². The maximum Gasteiger partial charge on any atom is 0.276 e. The van der Waals surface area contributed by atoms with Crippen molar-refractivity contribution < 1.29 is 9.59 Å². The summed E-state index contributed by atoms with van der Waals surface area (Å²) in [6, 6.07) is -0.403. The van der Waals surface area contributed by atoms with Crippen LogP contribution in [0.25, 0.3) is 0 Å². The molecule has 0 aromatic rings. The number of hydrogen-bond acceptors (Lipinski definition) is 2. The molecule has 11 heavy (non-hydrogen) atoms. The lowest BCUT2D eigenvalue weighted by atomic mass is 10.0. The van der Waals surface area contributed by atoms with Crippen LogP contribution in [0.5, 0.6) is 0 Å². The summed E-state index contributed by atoms with van der Waals surface area (Å²) >= 11 is 3.52. The molecule has 64 valence electrons. The lowest BCUT2D eigenvalue weighted by Gasteiger charge is -2.17. The Kier molecular flexibility index (Phi) is 4.18. The van der Waals surface area contributed by atoms with Gasteiger partial charge in [0.15, 0.2) is 5.78 Å². The third-order valence-electron chi connectivity index (χ3n) is 1.38. The Morgan fingerprint density at radius 3 is 1.91 bits per heavy atom. The number of rotatable bonds is 3. The lowest BCUT2D eigenvalue weighted by Crippen LogP contribution is -2.41. The largest absolute Gasteiger partial charge is 0.337 e. The number of Topliss-reactive ketones (excluding diaryl/α,β-unsaturated/α-hetero) is 1. The van der Waals surface area contributed by atoms with Gasteiger partial charge >= 0.3 is 0 Å². The SMILES string of the molecule is CC(=O)C(NC(=O)S)C(C)C. The molecule has 3 nitrogen and oxygen atoms in total. The molecule has 0 aliphatic rings. The van der Waals surface area contributed by atoms with Gasteiger partial charge in [-0.1, -0.05) is 26.5 Å². The first-order valence-electron chi connectivity index (χ1n) is 3.45. The Morgan fingerprint density at radius 2 is 1.82 bits per heavy atom. The molecule has 0 saturated carbocycles. The normalized spacial score (nSPS) is 12.8. The molecule has 1 atom stereocenters. The van der Waals surface area contributed by atoms with Crippen molar-refractivity contribution in [2.24, 2.45) is 5.92 Å². The molecule has 0 bridgehead atoms. The average Bonchev–Trinajstić information content (AvgIpc) is 1.81. The second kappa shape index (κ2) is 4.38. The third-order valence-corrected chi connectivity index (χ3v) is 1.51. The molecule has 0 saturated heterocycles. The predicted octanol–water partition coefficient (Wildman–Crippen LogP) is 1.24. The van der Waals surface area contributed by atoms with Crippen LogP contribution in [0.15, 0.2) is 0 Å². The van der Waals surface area contributed by atoms with Crippen LogP contribution in [-0.4, -0.2) is 17.1 Å². The van der Waals surface area contributed by atoms with Gasteiger partial charge in [-0.05, 0) is 12.8 Å². The molecule has 0 aliphatic heterocycles. The van der Waals surface area contributed by atoms with E-state index < -0.39 is 11.3 Å². The number of carbonyl (C=O) groups is 2. The van der Waals surface area contributed by atoms with E-state index in [1.807, 2.05) is 13.8 Å². The third kappa shape index (κ3) is 4.03. The van der Waals surface area contributed by atoms with Crippen LogP contribution in [0.4, 0.5) is 4.79 Å². The van der Waals surface area contributed by atoms with Gasteiger partial charge in [-0.15, -0.1) is 0 Å². The predicted molar refractivity (Wildman–Crippen MR) is 46.8 cm³/mol. The zero-order valence-electron chi connectivity index (χ0n) is 6.92. The molecule has 0 fully saturated rings. The molecule has 1 N–H and O–H groups in total. The minimum atomic E-state index is -0.459. The zero-order valence-corrected chi connectivity index (χ0v) is 7.81. The second-order valence-electron chi connectivity index (χ2n) is 2.78. The number of ketones is 1. The Bertz CT molecular complexity index is 168. The average molecular weight is 175 g/mol. The van der Waals surface area contributed by atoms with Gasteiger partial charge < -0.3 is 5.32 Å². The summed E-state index contributed by atoms with van der Waals surface area (Å²) in [5, 5.41) is 2.00. The van der Waals surface area contributed by atoms with Crippen molar-refractivity contribution in [3.05, 3.63) is 0 Å². The van der Waals surface area contributed by atoms with Gasteiger partial charge in [0.2, 0.25) is 0 Å². The van der Waals surface area contributed by atoms with E-state index in [2.05, 4.69) is 17.9 Å². The van der Waals surface area contributed by atoms with Gasteiger partial charge in [-0.25, -0.2) is 0 Å². The molecular weight excluding hydrogens is 162 g/mol. The number of nitrogens with one attached hydrogen (secondary N) is 1. The van der Waals surface area contributed by atoms with Gasteiger partial charge in [-0.2, -0.15) is 0 Å². The molecule has 0 aromatic heterocycles. The maximum atomic E-state index is 10.9. The summed E-state index contributed by atoms with van der Waals surface area (Å²) in [6.07, 6.45) is 0. The molecule has 1 amide bonds. The van der Waals surface area contributed by atoms with E-state index in [9.17, 15) is 9.59 Å². The number of carbonyl (C=O) groups excluding carboxylic acids is 2. The van der Waals surface area contributed by atoms with Crippen molar-refractivity contribution in [1.29, 1.82) is 0 Å². The van der Waals surface area contributed by atoms with E-state index in [0.29, 0.717) is 0 Å². The van der Waals surface area contributed by atoms with Gasteiger partial charge in [0, 0.05) is 0 Å². The van der Waals surface area contributed by atoms with Gasteiger partial charge in [0.05, 0.1) is 6.04 Å². The van der Waals surface area contributed by atoms with Gasteiger partial charge in [0.25, 0.3) is 5.24 Å². The summed E-state index contributed by atoms with van der Waals surface area (Å²) in [7, 11) is 0. The van der Waals surface area contributed by atoms with E-state index in [1.165, 1.54) is 6.92 Å². The lowest BCUT2D eigenvalue weighted by molar-refractivity contribution is -0.119. The summed E-state index contributed by atoms with van der Waals surface area (Å²) < 4.78 is 0. The molecule has 0 radical (unpaired) electrons. The zero-order chi connectivity index (χ0) is 9.02. The number of amides is 1. The summed E-state index contributed by atoms with van der Waals surface area (Å²) in [5.74, 6) is 0.0750. The first kappa shape index (κ1) is 10.5. The quantitative estimate of drug-likeness (QED) is 0.634. The molecule has 4 heteroatoms. The number of thiol groups is 1. The molecule has 0 aromatic carbocycles. The van der Waals surface area contributed by atoms with Crippen molar-refractivity contribution in [3.63, 3.8) is 0 Å². The van der Waals surface area contributed by atoms with Gasteiger partial charge in [-0.3, -0.25) is 9.59 Å². The second-order valence-corrected chi connectivity index (χ2v) is 3.19. The first-order chi connectivity index (χ1) is 4.95. The summed E-state index contributed by atoms with van der Waals surface area (Å²) in [6.45, 7) is 5.19. The van der Waals surface area contributed by atoms with Crippen LogP contribution in [0.1, 0.15) is 20.8 Å². The fourth-order valence-electron chi connectivity index (χ4n) is 0.871. The van der Waals surface area contributed by atoms with E-state index in [4.69, 9.17) is 0 Å². The summed E-state index contributed by atoms with van der Waals surface area (Å²) in [5.41, 5.74) is 0. The van der Waals surface area contributed by atoms with E-state index in [1.54, 1.807) is 0 Å². The van der Waals surface area contributed by atoms with Crippen LogP contribution >= 0.6 is 12.6 Å². The molecule has 0 heterocycles. The molecular formula is C7H13NO2S. The Labute approximate surface area is 72.0 Å². The highest BCUT2D eigenvalue weighted by molar-refractivity contribution is 7.96. The highest BCUT2D eigenvalue weighted by Gasteiger charge is 2.18. The van der Waals surface area contributed by atoms with Crippen LogP contribution in [-0.2, 0) is 4.79 Å². The standard InChI is InChI=1S/C7H13NO2S/c1-4(2)6(5(3)9)8-7(10)11/h4,6H,1-3H3,(H2,8,10,11).